The molecule has 3 heterocycles. The number of aryl methyl sites for hydroxylation is 1. The van der Waals surface area contributed by atoms with Gasteiger partial charge in [0.05, 0.1) is 21.6 Å². The summed E-state index contributed by atoms with van der Waals surface area (Å²) in [6.07, 6.45) is 1.49. The predicted molar refractivity (Wildman–Crippen MR) is 151 cm³/mol. The minimum Gasteiger partial charge on any atom is -0.453 e. The summed E-state index contributed by atoms with van der Waals surface area (Å²) in [5.74, 6) is 1.14. The normalized spacial score (nSPS) is 11.8. The Labute approximate surface area is 228 Å². The molecule has 0 bridgehead atoms. The van der Waals surface area contributed by atoms with Gasteiger partial charge in [0.15, 0.2) is 10.9 Å². The second kappa shape index (κ2) is 9.70. The summed E-state index contributed by atoms with van der Waals surface area (Å²) in [5.41, 5.74) is 2.04. The first-order valence-electron chi connectivity index (χ1n) is 11.2. The fraction of sp³-hybridized carbons (Fsp3) is 0.0357. The van der Waals surface area contributed by atoms with E-state index in [9.17, 15) is 4.79 Å². The lowest BCUT2D eigenvalue weighted by Crippen LogP contribution is -2.20. The molecule has 0 N–H and O–H groups in total. The second-order valence-corrected chi connectivity index (χ2v) is 10.6. The number of furan rings is 2. The van der Waals surface area contributed by atoms with Gasteiger partial charge in [-0.3, -0.25) is 4.79 Å². The molecule has 0 radical (unpaired) electrons. The van der Waals surface area contributed by atoms with Gasteiger partial charge in [0.2, 0.25) is 5.82 Å². The zero-order valence-corrected chi connectivity index (χ0v) is 22.5. The molecular formula is C28H17BrClN3O3S. The number of nitrogens with zero attached hydrogens (tertiary/aromatic N) is 3. The Morgan fingerprint density at radius 2 is 1.84 bits per heavy atom. The van der Waals surface area contributed by atoms with Crippen LogP contribution in [0, 0.1) is 6.92 Å². The van der Waals surface area contributed by atoms with Crippen molar-refractivity contribution in [1.29, 1.82) is 0 Å². The molecule has 0 spiro atoms. The van der Waals surface area contributed by atoms with E-state index >= 15 is 0 Å². The molecule has 0 unspecified atom stereocenters. The van der Waals surface area contributed by atoms with Crippen molar-refractivity contribution in [2.24, 2.45) is 5.10 Å². The van der Waals surface area contributed by atoms with Crippen LogP contribution in [0.3, 0.4) is 0 Å². The number of fused-ring (bicyclic) bond motifs is 2. The molecule has 0 saturated heterocycles. The van der Waals surface area contributed by atoms with Gasteiger partial charge in [-0.2, -0.15) is 9.78 Å². The molecule has 0 aliphatic carbocycles. The molecule has 9 heteroatoms. The summed E-state index contributed by atoms with van der Waals surface area (Å²) in [4.78, 5) is 19.2. The predicted octanol–water partition coefficient (Wildman–Crippen LogP) is 8.16. The van der Waals surface area contributed by atoms with Crippen molar-refractivity contribution in [3.8, 4) is 11.6 Å². The van der Waals surface area contributed by atoms with Gasteiger partial charge in [-0.25, -0.2) is 4.98 Å². The maximum Gasteiger partial charge on any atom is 0.282 e. The smallest absolute Gasteiger partial charge is 0.282 e. The SMILES string of the molecule is Cc1ccc(Sc2oc(C=Nn3c(-c4cc5cc(Cl)ccc5o4)nc4ccccc4c3=O)cc2Br)cc1. The fourth-order valence-electron chi connectivity index (χ4n) is 3.84. The minimum atomic E-state index is -0.324. The number of rotatable bonds is 5. The third kappa shape index (κ3) is 4.75. The van der Waals surface area contributed by atoms with Gasteiger partial charge >= 0.3 is 0 Å². The Morgan fingerprint density at radius 1 is 1.03 bits per heavy atom. The van der Waals surface area contributed by atoms with Crippen LogP contribution < -0.4 is 5.56 Å². The van der Waals surface area contributed by atoms with Crippen LogP contribution in [0.4, 0.5) is 0 Å². The number of halogens is 2. The summed E-state index contributed by atoms with van der Waals surface area (Å²) in [6, 6.07) is 24.2. The topological polar surface area (TPSA) is 73.5 Å². The number of para-hydroxylation sites is 1. The molecule has 0 amide bonds. The zero-order chi connectivity index (χ0) is 25.5. The Bertz CT molecular complexity index is 1870. The van der Waals surface area contributed by atoms with Crippen LogP contribution >= 0.6 is 39.3 Å². The van der Waals surface area contributed by atoms with Crippen molar-refractivity contribution >= 4 is 67.4 Å². The lowest BCUT2D eigenvalue weighted by molar-refractivity contribution is 0.465. The van der Waals surface area contributed by atoms with E-state index in [4.69, 9.17) is 25.4 Å². The summed E-state index contributed by atoms with van der Waals surface area (Å²) in [7, 11) is 0. The molecule has 182 valence electrons. The van der Waals surface area contributed by atoms with Crippen molar-refractivity contribution in [2.45, 2.75) is 16.9 Å². The van der Waals surface area contributed by atoms with Crippen molar-refractivity contribution in [3.05, 3.63) is 110 Å². The molecule has 0 aliphatic heterocycles. The molecule has 3 aromatic heterocycles. The number of aromatic nitrogens is 2. The molecule has 6 rings (SSSR count). The van der Waals surface area contributed by atoms with E-state index < -0.39 is 0 Å². The van der Waals surface area contributed by atoms with Gasteiger partial charge in [0.25, 0.3) is 5.56 Å². The van der Waals surface area contributed by atoms with Crippen LogP contribution in [-0.4, -0.2) is 15.9 Å². The highest BCUT2D eigenvalue weighted by Crippen LogP contribution is 2.36. The Kier molecular flexibility index (Phi) is 6.24. The lowest BCUT2D eigenvalue weighted by Gasteiger charge is -2.06. The fourth-order valence-corrected chi connectivity index (χ4v) is 5.36. The van der Waals surface area contributed by atoms with Crippen molar-refractivity contribution in [2.75, 3.05) is 0 Å². The number of benzene rings is 3. The molecule has 6 aromatic rings. The molecule has 0 aliphatic rings. The second-order valence-electron chi connectivity index (χ2n) is 8.31. The van der Waals surface area contributed by atoms with Crippen LogP contribution in [0.15, 0.2) is 112 Å². The number of hydrogen-bond donors (Lipinski definition) is 0. The molecule has 0 saturated carbocycles. The summed E-state index contributed by atoms with van der Waals surface area (Å²) in [6.45, 7) is 2.05. The van der Waals surface area contributed by atoms with Gasteiger partial charge in [0, 0.05) is 21.4 Å². The van der Waals surface area contributed by atoms with Gasteiger partial charge < -0.3 is 8.83 Å². The first kappa shape index (κ1) is 23.8. The largest absolute Gasteiger partial charge is 0.453 e. The number of hydrogen-bond acceptors (Lipinski definition) is 6. The summed E-state index contributed by atoms with van der Waals surface area (Å²) < 4.78 is 14.0. The van der Waals surface area contributed by atoms with Crippen LogP contribution in [0.5, 0.6) is 0 Å². The first-order chi connectivity index (χ1) is 17.9. The van der Waals surface area contributed by atoms with E-state index in [0.29, 0.717) is 38.1 Å². The highest BCUT2D eigenvalue weighted by atomic mass is 79.9. The van der Waals surface area contributed by atoms with Crippen LogP contribution in [0.25, 0.3) is 33.5 Å². The quantitative estimate of drug-likeness (QED) is 0.189. The van der Waals surface area contributed by atoms with Gasteiger partial charge in [-0.15, -0.1) is 0 Å². The van der Waals surface area contributed by atoms with Crippen LogP contribution in [0.1, 0.15) is 11.3 Å². The Hall–Kier alpha value is -3.59. The van der Waals surface area contributed by atoms with Crippen LogP contribution in [-0.2, 0) is 0 Å². The van der Waals surface area contributed by atoms with Gasteiger partial charge in [-0.1, -0.05) is 53.2 Å². The van der Waals surface area contributed by atoms with Gasteiger partial charge in [0.1, 0.15) is 11.3 Å². The van der Waals surface area contributed by atoms with Crippen molar-refractivity contribution in [3.63, 3.8) is 0 Å². The molecule has 0 fully saturated rings. The Balaban J connectivity index is 1.42. The molecule has 6 nitrogen and oxygen atoms in total. The van der Waals surface area contributed by atoms with Gasteiger partial charge in [-0.05, 0) is 71.4 Å². The standard InChI is InChI=1S/C28H17BrClN3O3S/c1-16-6-9-20(10-7-16)37-28-22(29)14-19(35-28)15-31-33-26(32-23-5-3-2-4-21(23)27(33)34)25-13-17-12-18(30)8-11-24(17)36-25/h2-15H,1H3. The van der Waals surface area contributed by atoms with E-state index in [-0.39, 0.29) is 11.4 Å². The average molecular weight is 591 g/mol. The molecule has 37 heavy (non-hydrogen) atoms. The van der Waals surface area contributed by atoms with Crippen molar-refractivity contribution < 1.29 is 8.83 Å². The highest BCUT2D eigenvalue weighted by molar-refractivity contribution is 9.10. The third-order valence-electron chi connectivity index (χ3n) is 5.66. The van der Waals surface area contributed by atoms with E-state index in [1.54, 1.807) is 42.5 Å². The monoisotopic (exact) mass is 589 g/mol. The maximum absolute atomic E-state index is 13.5. The first-order valence-corrected chi connectivity index (χ1v) is 13.2. The lowest BCUT2D eigenvalue weighted by atomic mass is 10.2. The molecule has 3 aromatic carbocycles. The minimum absolute atomic E-state index is 0.271. The average Bonchev–Trinajstić information content (AvgIpc) is 3.47. The molecular weight excluding hydrogens is 574 g/mol. The zero-order valence-electron chi connectivity index (χ0n) is 19.3. The highest BCUT2D eigenvalue weighted by Gasteiger charge is 2.17. The van der Waals surface area contributed by atoms with E-state index in [1.807, 2.05) is 43.3 Å². The molecule has 0 atom stereocenters. The van der Waals surface area contributed by atoms with E-state index in [1.165, 1.54) is 28.2 Å². The summed E-state index contributed by atoms with van der Waals surface area (Å²) in [5, 5.41) is 6.98. The summed E-state index contributed by atoms with van der Waals surface area (Å²) >= 11 is 11.2. The van der Waals surface area contributed by atoms with E-state index in [2.05, 4.69) is 21.0 Å². The van der Waals surface area contributed by atoms with Crippen LogP contribution in [0.2, 0.25) is 5.02 Å². The maximum atomic E-state index is 13.5. The Morgan fingerprint density at radius 3 is 2.68 bits per heavy atom. The third-order valence-corrected chi connectivity index (χ3v) is 7.74. The van der Waals surface area contributed by atoms with Crippen molar-refractivity contribution in [1.82, 2.24) is 9.66 Å². The van der Waals surface area contributed by atoms with E-state index in [0.717, 1.165) is 14.8 Å².